The Morgan fingerprint density at radius 3 is 2.60 bits per heavy atom. The van der Waals surface area contributed by atoms with Crippen molar-refractivity contribution in [3.63, 3.8) is 0 Å². The number of hydrogen-bond donors (Lipinski definition) is 2. The molecule has 0 bridgehead atoms. The summed E-state index contributed by atoms with van der Waals surface area (Å²) in [6.45, 7) is 0.269. The van der Waals surface area contributed by atoms with Crippen LogP contribution in [0.5, 0.6) is 0 Å². The highest BCUT2D eigenvalue weighted by Gasteiger charge is 2.15. The summed E-state index contributed by atoms with van der Waals surface area (Å²) in [5.41, 5.74) is 0. The second-order valence-corrected chi connectivity index (χ2v) is 5.66. The summed E-state index contributed by atoms with van der Waals surface area (Å²) in [6, 6.07) is 0. The molecule has 5 heteroatoms. The van der Waals surface area contributed by atoms with Gasteiger partial charge in [0.05, 0.1) is 12.5 Å². The third-order valence-corrected chi connectivity index (χ3v) is 4.00. The minimum Gasteiger partial charge on any atom is -0.481 e. The van der Waals surface area contributed by atoms with Crippen LogP contribution in [0.2, 0.25) is 0 Å². The van der Waals surface area contributed by atoms with Crippen molar-refractivity contribution in [3.05, 3.63) is 0 Å². The van der Waals surface area contributed by atoms with E-state index in [0.717, 1.165) is 18.8 Å². The van der Waals surface area contributed by atoms with Gasteiger partial charge in [0.25, 0.3) is 0 Å². The fourth-order valence-corrected chi connectivity index (χ4v) is 2.78. The maximum absolute atomic E-state index is 11.7. The minimum atomic E-state index is -0.914. The molecule has 1 atom stereocenters. The highest BCUT2D eigenvalue weighted by atomic mass is 16.5. The Morgan fingerprint density at radius 1 is 1.30 bits per heavy atom. The Labute approximate surface area is 121 Å². The van der Waals surface area contributed by atoms with Crippen LogP contribution >= 0.6 is 0 Å². The van der Waals surface area contributed by atoms with E-state index in [1.165, 1.54) is 39.2 Å². The Bertz CT molecular complexity index is 300. The minimum absolute atomic E-state index is 0.00625. The predicted octanol–water partition coefficient (Wildman–Crippen LogP) is 2.34. The summed E-state index contributed by atoms with van der Waals surface area (Å²) in [7, 11) is 1.46. The number of methoxy groups -OCH3 is 1. The van der Waals surface area contributed by atoms with Crippen molar-refractivity contribution in [3.8, 4) is 0 Å². The molecular weight excluding hydrogens is 258 g/mol. The highest BCUT2D eigenvalue weighted by molar-refractivity contribution is 5.76. The maximum Gasteiger partial charge on any atom is 0.306 e. The number of carbonyl (C=O) groups is 2. The first-order valence-electron chi connectivity index (χ1n) is 7.63. The lowest BCUT2D eigenvalue weighted by Gasteiger charge is -2.21. The molecule has 0 saturated heterocycles. The molecule has 1 amide bonds. The van der Waals surface area contributed by atoms with Crippen LogP contribution in [-0.4, -0.2) is 36.7 Å². The summed E-state index contributed by atoms with van der Waals surface area (Å²) < 4.78 is 5.02. The SMILES string of the molecule is COC(CNC(=O)CCCC1CCCCC1)CC(=O)O. The molecule has 1 aliphatic rings. The first kappa shape index (κ1) is 17.0. The van der Waals surface area contributed by atoms with E-state index in [2.05, 4.69) is 5.32 Å². The van der Waals surface area contributed by atoms with Gasteiger partial charge in [0.15, 0.2) is 0 Å². The van der Waals surface area contributed by atoms with Crippen molar-refractivity contribution in [1.82, 2.24) is 5.32 Å². The van der Waals surface area contributed by atoms with Crippen LogP contribution in [0.15, 0.2) is 0 Å². The Hall–Kier alpha value is -1.10. The van der Waals surface area contributed by atoms with Crippen molar-refractivity contribution in [1.29, 1.82) is 0 Å². The summed E-state index contributed by atoms with van der Waals surface area (Å²) in [5, 5.41) is 11.4. The quantitative estimate of drug-likeness (QED) is 0.682. The van der Waals surface area contributed by atoms with Gasteiger partial charge in [-0.25, -0.2) is 0 Å². The maximum atomic E-state index is 11.7. The monoisotopic (exact) mass is 285 g/mol. The van der Waals surface area contributed by atoms with Gasteiger partial charge in [0, 0.05) is 20.1 Å². The number of carboxylic acids is 1. The molecule has 0 heterocycles. The van der Waals surface area contributed by atoms with E-state index in [4.69, 9.17) is 9.84 Å². The molecule has 1 aliphatic carbocycles. The molecule has 20 heavy (non-hydrogen) atoms. The van der Waals surface area contributed by atoms with Gasteiger partial charge in [-0.05, 0) is 18.8 Å². The number of rotatable bonds is 9. The van der Waals surface area contributed by atoms with E-state index >= 15 is 0 Å². The largest absolute Gasteiger partial charge is 0.481 e. The number of hydrogen-bond acceptors (Lipinski definition) is 3. The normalized spacial score (nSPS) is 17.6. The van der Waals surface area contributed by atoms with Gasteiger partial charge in [0.1, 0.15) is 0 Å². The van der Waals surface area contributed by atoms with Crippen LogP contribution in [0.3, 0.4) is 0 Å². The van der Waals surface area contributed by atoms with Crippen LogP contribution < -0.4 is 5.32 Å². The van der Waals surface area contributed by atoms with Crippen molar-refractivity contribution in [2.75, 3.05) is 13.7 Å². The second kappa shape index (κ2) is 9.75. The fourth-order valence-electron chi connectivity index (χ4n) is 2.78. The van der Waals surface area contributed by atoms with Crippen LogP contribution in [-0.2, 0) is 14.3 Å². The number of amides is 1. The predicted molar refractivity (Wildman–Crippen MR) is 76.5 cm³/mol. The van der Waals surface area contributed by atoms with Crippen LogP contribution in [0, 0.1) is 5.92 Å². The van der Waals surface area contributed by atoms with Crippen molar-refractivity contribution in [2.24, 2.45) is 5.92 Å². The third kappa shape index (κ3) is 7.48. The molecule has 0 aromatic carbocycles. The zero-order valence-electron chi connectivity index (χ0n) is 12.4. The molecular formula is C15H27NO4. The fraction of sp³-hybridized carbons (Fsp3) is 0.867. The molecule has 0 aromatic heterocycles. The lowest BCUT2D eigenvalue weighted by molar-refractivity contribution is -0.140. The lowest BCUT2D eigenvalue weighted by Crippen LogP contribution is -2.34. The average molecular weight is 285 g/mol. The zero-order valence-corrected chi connectivity index (χ0v) is 12.4. The van der Waals surface area contributed by atoms with Gasteiger partial charge >= 0.3 is 5.97 Å². The van der Waals surface area contributed by atoms with Crippen LogP contribution in [0.4, 0.5) is 0 Å². The molecule has 116 valence electrons. The Kier molecular flexibility index (Phi) is 8.26. The molecule has 1 unspecified atom stereocenters. The zero-order chi connectivity index (χ0) is 14.8. The van der Waals surface area contributed by atoms with Crippen molar-refractivity contribution >= 4 is 11.9 Å². The van der Waals surface area contributed by atoms with Gasteiger partial charge in [-0.1, -0.05) is 32.1 Å². The van der Waals surface area contributed by atoms with Crippen molar-refractivity contribution < 1.29 is 19.4 Å². The van der Waals surface area contributed by atoms with Gasteiger partial charge in [-0.3, -0.25) is 9.59 Å². The van der Waals surface area contributed by atoms with E-state index in [1.807, 2.05) is 0 Å². The smallest absolute Gasteiger partial charge is 0.306 e. The number of carboxylic acid groups (broad SMARTS) is 1. The molecule has 1 fully saturated rings. The van der Waals surface area contributed by atoms with Gasteiger partial charge < -0.3 is 15.2 Å². The molecule has 0 aliphatic heterocycles. The molecule has 1 saturated carbocycles. The molecule has 0 spiro atoms. The van der Waals surface area contributed by atoms with E-state index in [9.17, 15) is 9.59 Å². The van der Waals surface area contributed by atoms with E-state index < -0.39 is 12.1 Å². The number of ether oxygens (including phenoxy) is 1. The first-order valence-corrected chi connectivity index (χ1v) is 7.63. The van der Waals surface area contributed by atoms with E-state index in [0.29, 0.717) is 6.42 Å². The van der Waals surface area contributed by atoms with E-state index in [1.54, 1.807) is 0 Å². The summed E-state index contributed by atoms with van der Waals surface area (Å²) in [4.78, 5) is 22.2. The lowest BCUT2D eigenvalue weighted by atomic mass is 9.86. The Balaban J connectivity index is 2.08. The number of nitrogens with one attached hydrogen (secondary N) is 1. The summed E-state index contributed by atoms with van der Waals surface area (Å²) in [6.07, 6.45) is 8.71. The average Bonchev–Trinajstić information content (AvgIpc) is 2.44. The van der Waals surface area contributed by atoms with Gasteiger partial charge in [-0.2, -0.15) is 0 Å². The molecule has 5 nitrogen and oxygen atoms in total. The Morgan fingerprint density at radius 2 is 2.00 bits per heavy atom. The van der Waals surface area contributed by atoms with Crippen LogP contribution in [0.1, 0.15) is 57.8 Å². The molecule has 2 N–H and O–H groups in total. The van der Waals surface area contributed by atoms with Gasteiger partial charge in [-0.15, -0.1) is 0 Å². The topological polar surface area (TPSA) is 75.6 Å². The summed E-state index contributed by atoms with van der Waals surface area (Å²) in [5.74, 6) is -0.119. The van der Waals surface area contributed by atoms with Gasteiger partial charge in [0.2, 0.25) is 5.91 Å². The standard InChI is InChI=1S/C15H27NO4/c1-20-13(10-15(18)19)11-16-14(17)9-5-8-12-6-3-2-4-7-12/h12-13H,2-11H2,1H3,(H,16,17)(H,18,19). The number of carbonyl (C=O) groups excluding carboxylic acids is 1. The number of aliphatic carboxylic acids is 1. The molecule has 0 aromatic rings. The molecule has 0 radical (unpaired) electrons. The molecule has 1 rings (SSSR count). The first-order chi connectivity index (χ1) is 9.61. The van der Waals surface area contributed by atoms with Crippen LogP contribution in [0.25, 0.3) is 0 Å². The van der Waals surface area contributed by atoms with Crippen molar-refractivity contribution in [2.45, 2.75) is 63.9 Å². The highest BCUT2D eigenvalue weighted by Crippen LogP contribution is 2.27. The van der Waals surface area contributed by atoms with E-state index in [-0.39, 0.29) is 18.9 Å². The second-order valence-electron chi connectivity index (χ2n) is 5.66. The third-order valence-electron chi connectivity index (χ3n) is 4.00. The summed E-state index contributed by atoms with van der Waals surface area (Å²) >= 11 is 0.